The van der Waals surface area contributed by atoms with Gasteiger partial charge in [0.1, 0.15) is 11.9 Å². The first-order valence-corrected chi connectivity index (χ1v) is 9.62. The number of nitrogens with one attached hydrogen (secondary N) is 2. The van der Waals surface area contributed by atoms with E-state index in [0.717, 1.165) is 18.1 Å². The van der Waals surface area contributed by atoms with Gasteiger partial charge >= 0.3 is 0 Å². The molecule has 1 aliphatic heterocycles. The van der Waals surface area contributed by atoms with Gasteiger partial charge in [0, 0.05) is 25.6 Å². The zero-order valence-corrected chi connectivity index (χ0v) is 16.7. The van der Waals surface area contributed by atoms with Gasteiger partial charge in [0.25, 0.3) is 0 Å². The van der Waals surface area contributed by atoms with Gasteiger partial charge in [0.15, 0.2) is 5.96 Å². The van der Waals surface area contributed by atoms with Crippen molar-refractivity contribution in [2.24, 2.45) is 4.99 Å². The molecule has 0 bridgehead atoms. The highest BCUT2D eigenvalue weighted by atomic mass is 19.1. The first-order chi connectivity index (χ1) is 12.9. The van der Waals surface area contributed by atoms with Crippen LogP contribution >= 0.6 is 0 Å². The zero-order valence-electron chi connectivity index (χ0n) is 16.7. The summed E-state index contributed by atoms with van der Waals surface area (Å²) in [6.07, 6.45) is 0.221. The smallest absolute Gasteiger partial charge is 0.222 e. The number of hydrogen-bond acceptors (Lipinski definition) is 3. The summed E-state index contributed by atoms with van der Waals surface area (Å²) in [6, 6.07) is 6.56. The first kappa shape index (κ1) is 21.2. The van der Waals surface area contributed by atoms with E-state index in [-0.39, 0.29) is 30.0 Å². The van der Waals surface area contributed by atoms with Crippen LogP contribution in [0.5, 0.6) is 0 Å². The van der Waals surface area contributed by atoms with Crippen LogP contribution in [0.1, 0.15) is 45.8 Å². The third-order valence-corrected chi connectivity index (χ3v) is 4.19. The maximum Gasteiger partial charge on any atom is 0.222 e. The summed E-state index contributed by atoms with van der Waals surface area (Å²) in [6.45, 7) is 10.4. The Labute approximate surface area is 161 Å². The van der Waals surface area contributed by atoms with E-state index in [4.69, 9.17) is 4.74 Å². The molecule has 6 nitrogen and oxygen atoms in total. The molecule has 0 radical (unpaired) electrons. The number of amides is 1. The minimum Gasteiger partial charge on any atom is -0.367 e. The van der Waals surface area contributed by atoms with Crippen molar-refractivity contribution in [1.29, 1.82) is 0 Å². The Hall–Kier alpha value is -2.15. The average molecular weight is 378 g/mol. The molecule has 0 aliphatic carbocycles. The molecular formula is C20H31FN4O2. The Balaban J connectivity index is 2.04. The molecule has 27 heavy (non-hydrogen) atoms. The molecular weight excluding hydrogens is 347 g/mol. The number of carbonyl (C=O) groups excluding carboxylic acids is 1. The highest BCUT2D eigenvalue weighted by Gasteiger charge is 2.28. The van der Waals surface area contributed by atoms with E-state index in [1.54, 1.807) is 12.1 Å². The molecule has 2 atom stereocenters. The SMILES string of the molecule is CCNC(=NCCC(=O)NC(C)C)N1CC(C)OC(c2ccc(F)cc2)C1. The van der Waals surface area contributed by atoms with Crippen LogP contribution in [0, 0.1) is 5.82 Å². The fraction of sp³-hybridized carbons (Fsp3) is 0.600. The summed E-state index contributed by atoms with van der Waals surface area (Å²) in [5.74, 6) is 0.523. The fourth-order valence-corrected chi connectivity index (χ4v) is 3.07. The number of hydrogen-bond donors (Lipinski definition) is 2. The third-order valence-electron chi connectivity index (χ3n) is 4.19. The largest absolute Gasteiger partial charge is 0.367 e. The number of aliphatic imine (C=N–C) groups is 1. The predicted molar refractivity (Wildman–Crippen MR) is 105 cm³/mol. The Morgan fingerprint density at radius 2 is 2.04 bits per heavy atom. The van der Waals surface area contributed by atoms with Gasteiger partial charge in [-0.3, -0.25) is 9.79 Å². The van der Waals surface area contributed by atoms with Crippen molar-refractivity contribution < 1.29 is 13.9 Å². The molecule has 0 saturated carbocycles. The Kier molecular flexibility index (Phi) is 8.03. The lowest BCUT2D eigenvalue weighted by molar-refractivity contribution is -0.121. The van der Waals surface area contributed by atoms with Crippen molar-refractivity contribution in [2.75, 3.05) is 26.2 Å². The third kappa shape index (κ3) is 6.82. The molecule has 1 saturated heterocycles. The minimum absolute atomic E-state index is 0.00383. The van der Waals surface area contributed by atoms with Crippen LogP contribution in [-0.2, 0) is 9.53 Å². The molecule has 0 aromatic heterocycles. The van der Waals surface area contributed by atoms with Crippen LogP contribution < -0.4 is 10.6 Å². The Morgan fingerprint density at radius 1 is 1.33 bits per heavy atom. The monoisotopic (exact) mass is 378 g/mol. The van der Waals surface area contributed by atoms with E-state index in [9.17, 15) is 9.18 Å². The lowest BCUT2D eigenvalue weighted by Crippen LogP contribution is -2.50. The van der Waals surface area contributed by atoms with Crippen molar-refractivity contribution in [1.82, 2.24) is 15.5 Å². The summed E-state index contributed by atoms with van der Waals surface area (Å²) >= 11 is 0. The van der Waals surface area contributed by atoms with E-state index >= 15 is 0 Å². The predicted octanol–water partition coefficient (Wildman–Crippen LogP) is 2.47. The van der Waals surface area contributed by atoms with Gasteiger partial charge in [-0.05, 0) is 45.4 Å². The number of nitrogens with zero attached hydrogens (tertiary/aromatic N) is 2. The summed E-state index contributed by atoms with van der Waals surface area (Å²) in [5.41, 5.74) is 0.945. The number of benzene rings is 1. The van der Waals surface area contributed by atoms with Gasteiger partial charge in [0.2, 0.25) is 5.91 Å². The molecule has 1 aliphatic rings. The summed E-state index contributed by atoms with van der Waals surface area (Å²) < 4.78 is 19.3. The van der Waals surface area contributed by atoms with Crippen LogP contribution in [0.3, 0.4) is 0 Å². The normalized spacial score (nSPS) is 20.7. The van der Waals surface area contributed by atoms with Gasteiger partial charge < -0.3 is 20.3 Å². The summed E-state index contributed by atoms with van der Waals surface area (Å²) in [7, 11) is 0. The molecule has 2 rings (SSSR count). The fourth-order valence-electron chi connectivity index (χ4n) is 3.07. The second-order valence-electron chi connectivity index (χ2n) is 7.10. The van der Waals surface area contributed by atoms with E-state index in [0.29, 0.717) is 26.1 Å². The molecule has 2 N–H and O–H groups in total. The number of ether oxygens (including phenoxy) is 1. The number of guanidine groups is 1. The van der Waals surface area contributed by atoms with Crippen LogP contribution in [0.25, 0.3) is 0 Å². The van der Waals surface area contributed by atoms with Gasteiger partial charge in [-0.25, -0.2) is 4.39 Å². The molecule has 1 fully saturated rings. The van der Waals surface area contributed by atoms with Crippen LogP contribution in [0.4, 0.5) is 4.39 Å². The van der Waals surface area contributed by atoms with E-state index in [1.165, 1.54) is 12.1 Å². The lowest BCUT2D eigenvalue weighted by atomic mass is 10.1. The van der Waals surface area contributed by atoms with Crippen LogP contribution in [0.15, 0.2) is 29.3 Å². The Bertz CT molecular complexity index is 633. The van der Waals surface area contributed by atoms with Gasteiger partial charge in [-0.1, -0.05) is 12.1 Å². The van der Waals surface area contributed by atoms with Crippen LogP contribution in [-0.4, -0.2) is 55.1 Å². The molecule has 2 unspecified atom stereocenters. The highest BCUT2D eigenvalue weighted by Crippen LogP contribution is 2.25. The number of morpholine rings is 1. The number of halogens is 1. The molecule has 0 spiro atoms. The second kappa shape index (κ2) is 10.3. The summed E-state index contributed by atoms with van der Waals surface area (Å²) in [4.78, 5) is 18.6. The molecule has 1 aromatic rings. The van der Waals surface area contributed by atoms with Crippen molar-refractivity contribution in [3.8, 4) is 0 Å². The second-order valence-corrected chi connectivity index (χ2v) is 7.10. The van der Waals surface area contributed by atoms with E-state index in [1.807, 2.05) is 27.7 Å². The first-order valence-electron chi connectivity index (χ1n) is 9.62. The van der Waals surface area contributed by atoms with Crippen molar-refractivity contribution in [3.05, 3.63) is 35.6 Å². The molecule has 1 aromatic carbocycles. The highest BCUT2D eigenvalue weighted by molar-refractivity contribution is 5.81. The number of carbonyl (C=O) groups is 1. The van der Waals surface area contributed by atoms with Crippen molar-refractivity contribution >= 4 is 11.9 Å². The maximum atomic E-state index is 13.2. The zero-order chi connectivity index (χ0) is 19.8. The topological polar surface area (TPSA) is 66.0 Å². The van der Waals surface area contributed by atoms with Gasteiger partial charge in [-0.2, -0.15) is 0 Å². The molecule has 1 heterocycles. The maximum absolute atomic E-state index is 13.2. The number of rotatable bonds is 6. The standard InChI is InChI=1S/C20H31FN4O2/c1-5-22-20(23-11-10-19(26)24-14(2)3)25-12-15(4)27-18(13-25)16-6-8-17(21)9-7-16/h6-9,14-15,18H,5,10-13H2,1-4H3,(H,22,23)(H,24,26). The van der Waals surface area contributed by atoms with Crippen molar-refractivity contribution in [3.63, 3.8) is 0 Å². The van der Waals surface area contributed by atoms with Gasteiger partial charge in [-0.15, -0.1) is 0 Å². The average Bonchev–Trinajstić information content (AvgIpc) is 2.60. The van der Waals surface area contributed by atoms with E-state index in [2.05, 4.69) is 20.5 Å². The van der Waals surface area contributed by atoms with E-state index < -0.39 is 0 Å². The molecule has 7 heteroatoms. The Morgan fingerprint density at radius 3 is 2.67 bits per heavy atom. The van der Waals surface area contributed by atoms with Gasteiger partial charge in [0.05, 0.1) is 19.2 Å². The minimum atomic E-state index is -0.256. The quantitative estimate of drug-likeness (QED) is 0.590. The molecule has 150 valence electrons. The molecule has 1 amide bonds. The lowest BCUT2D eigenvalue weighted by Gasteiger charge is -2.38. The van der Waals surface area contributed by atoms with Crippen molar-refractivity contribution in [2.45, 2.75) is 52.4 Å². The summed E-state index contributed by atoms with van der Waals surface area (Å²) in [5, 5.41) is 6.17. The van der Waals surface area contributed by atoms with Crippen LogP contribution in [0.2, 0.25) is 0 Å².